The Bertz CT molecular complexity index is 1130. The molecule has 0 spiro atoms. The van der Waals surface area contributed by atoms with Crippen LogP contribution in [0.15, 0.2) is 88.7 Å². The fourth-order valence-electron chi connectivity index (χ4n) is 3.36. The van der Waals surface area contributed by atoms with Crippen molar-refractivity contribution in [2.24, 2.45) is 0 Å². The molecular formula is C21H14N2O6. The van der Waals surface area contributed by atoms with Crippen molar-refractivity contribution in [3.05, 3.63) is 106 Å². The van der Waals surface area contributed by atoms with E-state index in [9.17, 15) is 24.8 Å². The highest BCUT2D eigenvalue weighted by atomic mass is 16.6. The third-order valence-electron chi connectivity index (χ3n) is 4.63. The van der Waals surface area contributed by atoms with Gasteiger partial charge in [-0.2, -0.15) is 0 Å². The zero-order valence-corrected chi connectivity index (χ0v) is 14.9. The topological polar surface area (TPSA) is 114 Å². The van der Waals surface area contributed by atoms with Crippen LogP contribution in [0.1, 0.15) is 22.2 Å². The van der Waals surface area contributed by atoms with Crippen LogP contribution in [0.25, 0.3) is 0 Å². The second-order valence-corrected chi connectivity index (χ2v) is 6.33. The van der Waals surface area contributed by atoms with Gasteiger partial charge in [0.05, 0.1) is 22.8 Å². The van der Waals surface area contributed by atoms with Gasteiger partial charge >= 0.3 is 0 Å². The number of carbonyl (C=O) groups is 2. The number of Topliss-reactive ketones (excluding diaryl/α,β-unsaturated/α-hetero) is 1. The Morgan fingerprint density at radius 2 is 1.83 bits per heavy atom. The van der Waals surface area contributed by atoms with Crippen molar-refractivity contribution in [1.29, 1.82) is 0 Å². The first kappa shape index (κ1) is 18.2. The molecule has 1 aliphatic heterocycles. The molecule has 1 aliphatic rings. The number of benzene rings is 2. The van der Waals surface area contributed by atoms with Crippen LogP contribution in [0.4, 0.5) is 11.4 Å². The summed E-state index contributed by atoms with van der Waals surface area (Å²) in [5.41, 5.74) is 0.353. The molecule has 1 amide bonds. The summed E-state index contributed by atoms with van der Waals surface area (Å²) < 4.78 is 5.15. The number of hydrogen-bond donors (Lipinski definition) is 1. The molecule has 1 aromatic heterocycles. The molecular weight excluding hydrogens is 376 g/mol. The van der Waals surface area contributed by atoms with Gasteiger partial charge in [0, 0.05) is 17.8 Å². The molecule has 144 valence electrons. The molecule has 1 atom stereocenters. The molecule has 8 nitrogen and oxygen atoms in total. The quantitative estimate of drug-likeness (QED) is 0.400. The smallest absolute Gasteiger partial charge is 0.294 e. The molecule has 0 aliphatic carbocycles. The predicted molar refractivity (Wildman–Crippen MR) is 102 cm³/mol. The van der Waals surface area contributed by atoms with Crippen molar-refractivity contribution in [2.45, 2.75) is 6.04 Å². The molecule has 2 heterocycles. The molecule has 0 saturated heterocycles. The second-order valence-electron chi connectivity index (χ2n) is 6.33. The van der Waals surface area contributed by atoms with Crippen LogP contribution >= 0.6 is 0 Å². The number of carbonyl (C=O) groups excluding carboxylic acids is 2. The first-order valence-corrected chi connectivity index (χ1v) is 8.63. The number of hydrogen-bond acceptors (Lipinski definition) is 6. The highest BCUT2D eigenvalue weighted by Crippen LogP contribution is 2.42. The van der Waals surface area contributed by atoms with Gasteiger partial charge in [-0.05, 0) is 29.8 Å². The summed E-state index contributed by atoms with van der Waals surface area (Å²) >= 11 is 0. The number of para-hydroxylation sites is 1. The molecule has 0 bridgehead atoms. The number of nitrogens with zero attached hydrogens (tertiary/aromatic N) is 2. The highest BCUT2D eigenvalue weighted by molar-refractivity contribution is 6.20. The van der Waals surface area contributed by atoms with Gasteiger partial charge < -0.3 is 9.52 Å². The van der Waals surface area contributed by atoms with E-state index in [4.69, 9.17) is 4.42 Å². The maximum Gasteiger partial charge on any atom is 0.294 e. The number of aliphatic hydroxyl groups is 1. The molecule has 1 unspecified atom stereocenters. The van der Waals surface area contributed by atoms with Crippen molar-refractivity contribution >= 4 is 23.1 Å². The Balaban J connectivity index is 1.91. The third kappa shape index (κ3) is 3.06. The normalized spacial score (nSPS) is 16.3. The van der Waals surface area contributed by atoms with Crippen LogP contribution in [0.5, 0.6) is 0 Å². The van der Waals surface area contributed by atoms with Gasteiger partial charge in [0.1, 0.15) is 0 Å². The van der Waals surface area contributed by atoms with Crippen molar-refractivity contribution in [2.75, 3.05) is 4.90 Å². The van der Waals surface area contributed by atoms with E-state index >= 15 is 0 Å². The van der Waals surface area contributed by atoms with E-state index in [1.807, 2.05) is 0 Å². The van der Waals surface area contributed by atoms with Crippen molar-refractivity contribution in [1.82, 2.24) is 0 Å². The lowest BCUT2D eigenvalue weighted by atomic mass is 9.94. The second kappa shape index (κ2) is 7.08. The van der Waals surface area contributed by atoms with Crippen LogP contribution < -0.4 is 4.90 Å². The summed E-state index contributed by atoms with van der Waals surface area (Å²) in [5.74, 6) is -2.21. The Hall–Kier alpha value is -4.20. The van der Waals surface area contributed by atoms with E-state index in [0.717, 1.165) is 0 Å². The maximum absolute atomic E-state index is 13.0. The zero-order chi connectivity index (χ0) is 20.5. The van der Waals surface area contributed by atoms with Crippen molar-refractivity contribution in [3.63, 3.8) is 0 Å². The molecule has 0 saturated carbocycles. The number of nitro groups is 1. The minimum Gasteiger partial charge on any atom is -0.503 e. The number of furan rings is 1. The first-order valence-electron chi connectivity index (χ1n) is 8.63. The average molecular weight is 390 g/mol. The third-order valence-corrected chi connectivity index (χ3v) is 4.63. The van der Waals surface area contributed by atoms with E-state index in [2.05, 4.69) is 0 Å². The number of rotatable bonds is 5. The lowest BCUT2D eigenvalue weighted by Gasteiger charge is -2.26. The summed E-state index contributed by atoms with van der Waals surface area (Å²) in [6, 6.07) is 16.0. The van der Waals surface area contributed by atoms with Crippen LogP contribution in [0.2, 0.25) is 0 Å². The molecule has 29 heavy (non-hydrogen) atoms. The van der Waals surface area contributed by atoms with Gasteiger partial charge in [0.25, 0.3) is 11.6 Å². The fourth-order valence-corrected chi connectivity index (χ4v) is 3.36. The average Bonchev–Trinajstić information content (AvgIpc) is 3.36. The lowest BCUT2D eigenvalue weighted by molar-refractivity contribution is -0.384. The summed E-state index contributed by atoms with van der Waals surface area (Å²) in [7, 11) is 0. The van der Waals surface area contributed by atoms with Gasteiger partial charge in [-0.15, -0.1) is 0 Å². The summed E-state index contributed by atoms with van der Waals surface area (Å²) in [6.07, 6.45) is 1.30. The molecule has 1 N–H and O–H groups in total. The van der Waals surface area contributed by atoms with Crippen molar-refractivity contribution in [3.8, 4) is 0 Å². The maximum atomic E-state index is 13.0. The number of nitro benzene ring substituents is 1. The van der Waals surface area contributed by atoms with Gasteiger partial charge in [-0.1, -0.05) is 30.3 Å². The van der Waals surface area contributed by atoms with Gasteiger partial charge in [-0.3, -0.25) is 24.6 Å². The van der Waals surface area contributed by atoms with E-state index in [1.54, 1.807) is 36.4 Å². The molecule has 3 aromatic rings. The monoisotopic (exact) mass is 390 g/mol. The van der Waals surface area contributed by atoms with Crippen LogP contribution in [0, 0.1) is 10.1 Å². The number of non-ortho nitro benzene ring substituents is 1. The predicted octanol–water partition coefficient (Wildman–Crippen LogP) is 3.97. The zero-order valence-electron chi connectivity index (χ0n) is 14.9. The van der Waals surface area contributed by atoms with Gasteiger partial charge in [0.2, 0.25) is 5.78 Å². The van der Waals surface area contributed by atoms with E-state index in [1.165, 1.54) is 41.5 Å². The summed E-state index contributed by atoms with van der Waals surface area (Å²) in [6.45, 7) is 0. The fraction of sp³-hybridized carbons (Fsp3) is 0.0476. The van der Waals surface area contributed by atoms with Crippen molar-refractivity contribution < 1.29 is 24.0 Å². The Morgan fingerprint density at radius 1 is 1.07 bits per heavy atom. The number of aliphatic hydroxyl groups excluding tert-OH is 1. The minimum absolute atomic E-state index is 0.0512. The van der Waals surface area contributed by atoms with E-state index in [-0.39, 0.29) is 17.0 Å². The summed E-state index contributed by atoms with van der Waals surface area (Å²) in [5, 5.41) is 21.8. The number of anilines is 1. The van der Waals surface area contributed by atoms with E-state index in [0.29, 0.717) is 11.3 Å². The molecule has 0 radical (unpaired) electrons. The first-order chi connectivity index (χ1) is 14.0. The molecule has 2 aromatic carbocycles. The molecule has 0 fully saturated rings. The Kier molecular flexibility index (Phi) is 4.44. The van der Waals surface area contributed by atoms with Crippen LogP contribution in [-0.2, 0) is 4.79 Å². The Morgan fingerprint density at radius 3 is 2.48 bits per heavy atom. The molecule has 4 rings (SSSR count). The van der Waals surface area contributed by atoms with Crippen LogP contribution in [0.3, 0.4) is 0 Å². The summed E-state index contributed by atoms with van der Waals surface area (Å²) in [4.78, 5) is 37.8. The minimum atomic E-state index is -1.05. The molecule has 8 heteroatoms. The standard InChI is InChI=1S/C21H14N2O6/c24-19(16-10-5-11-29-16)17-18(13-6-4-9-15(12-13)23(27)28)22(21(26)20(17)25)14-7-2-1-3-8-14/h1-12,18,25H. The Labute approximate surface area is 164 Å². The highest BCUT2D eigenvalue weighted by Gasteiger charge is 2.45. The lowest BCUT2D eigenvalue weighted by Crippen LogP contribution is -2.31. The number of amides is 1. The van der Waals surface area contributed by atoms with Gasteiger partial charge in [-0.25, -0.2) is 0 Å². The SMILES string of the molecule is O=C(C1=C(O)C(=O)N(c2ccccc2)C1c1cccc([N+](=O)[O-])c1)c1ccco1. The van der Waals surface area contributed by atoms with Gasteiger partial charge in [0.15, 0.2) is 11.5 Å². The van der Waals surface area contributed by atoms with Crippen LogP contribution in [-0.4, -0.2) is 21.7 Å². The number of ketones is 1. The van der Waals surface area contributed by atoms with E-state index < -0.39 is 28.4 Å². The largest absolute Gasteiger partial charge is 0.503 e.